The second-order valence-corrected chi connectivity index (χ2v) is 6.77. The Kier molecular flexibility index (Phi) is 4.67. The van der Waals surface area contributed by atoms with Crippen molar-refractivity contribution in [2.75, 3.05) is 11.4 Å². The van der Waals surface area contributed by atoms with E-state index in [1.807, 2.05) is 13.0 Å². The van der Waals surface area contributed by atoms with Crippen molar-refractivity contribution < 1.29 is 14.7 Å². The minimum Gasteiger partial charge on any atom is -0.375 e. The van der Waals surface area contributed by atoms with Crippen LogP contribution in [-0.2, 0) is 10.4 Å². The fourth-order valence-electron chi connectivity index (χ4n) is 3.38. The summed E-state index contributed by atoms with van der Waals surface area (Å²) in [4.78, 5) is 27.5. The Morgan fingerprint density at radius 1 is 1.20 bits per heavy atom. The van der Waals surface area contributed by atoms with Crippen LogP contribution in [0.3, 0.4) is 0 Å². The van der Waals surface area contributed by atoms with Crippen LogP contribution in [0.5, 0.6) is 0 Å². The predicted octanol–water partition coefficient (Wildman–Crippen LogP) is 3.80. The average molecular weight is 358 g/mol. The summed E-state index contributed by atoms with van der Waals surface area (Å²) in [6.07, 6.45) is 0.760. The zero-order valence-corrected chi connectivity index (χ0v) is 15.0. The van der Waals surface area contributed by atoms with Gasteiger partial charge in [0.2, 0.25) is 0 Å². The van der Waals surface area contributed by atoms with Gasteiger partial charge in [-0.3, -0.25) is 9.59 Å². The van der Waals surface area contributed by atoms with Crippen LogP contribution in [0.25, 0.3) is 0 Å². The number of ketones is 1. The molecule has 0 unspecified atom stereocenters. The van der Waals surface area contributed by atoms with Crippen molar-refractivity contribution in [1.82, 2.24) is 0 Å². The number of hydrogen-bond acceptors (Lipinski definition) is 3. The van der Waals surface area contributed by atoms with E-state index in [0.29, 0.717) is 28.4 Å². The molecule has 2 aromatic carbocycles. The van der Waals surface area contributed by atoms with E-state index in [1.54, 1.807) is 54.3 Å². The molecule has 0 radical (unpaired) electrons. The molecule has 0 saturated heterocycles. The molecule has 2 atom stereocenters. The van der Waals surface area contributed by atoms with Gasteiger partial charge in [-0.1, -0.05) is 43.6 Å². The molecule has 5 heteroatoms. The van der Waals surface area contributed by atoms with Gasteiger partial charge in [0, 0.05) is 22.7 Å². The Morgan fingerprint density at radius 2 is 1.84 bits per heavy atom. The number of para-hydroxylation sites is 1. The lowest BCUT2D eigenvalue weighted by molar-refractivity contribution is -0.139. The number of rotatable bonds is 5. The maximum absolute atomic E-state index is 13.0. The third-order valence-corrected chi connectivity index (χ3v) is 5.02. The topological polar surface area (TPSA) is 57.6 Å². The van der Waals surface area contributed by atoms with E-state index in [2.05, 4.69) is 0 Å². The molecule has 1 amide bonds. The van der Waals surface area contributed by atoms with Crippen molar-refractivity contribution in [3.05, 3.63) is 64.7 Å². The van der Waals surface area contributed by atoms with E-state index in [1.165, 1.54) is 0 Å². The van der Waals surface area contributed by atoms with Crippen LogP contribution < -0.4 is 4.90 Å². The number of amides is 1. The number of halogens is 1. The molecule has 2 aromatic rings. The smallest absolute Gasteiger partial charge is 0.264 e. The minimum atomic E-state index is -1.86. The number of aliphatic hydroxyl groups is 1. The summed E-state index contributed by atoms with van der Waals surface area (Å²) < 4.78 is 0. The first-order valence-corrected chi connectivity index (χ1v) is 8.72. The van der Waals surface area contributed by atoms with Gasteiger partial charge in [0.15, 0.2) is 11.4 Å². The molecule has 0 aromatic heterocycles. The highest BCUT2D eigenvalue weighted by Gasteiger charge is 2.54. The van der Waals surface area contributed by atoms with E-state index in [-0.39, 0.29) is 5.78 Å². The number of benzene rings is 2. The largest absolute Gasteiger partial charge is 0.375 e. The Hall–Kier alpha value is -2.17. The standard InChI is InChI=1S/C20H20ClNO3/c1-3-12-22-17-7-5-4-6-16(17)20(25,19(22)24)13(2)18(23)14-8-10-15(21)11-9-14/h4-11,13,25H,3,12H2,1-2H3/t13-,20+/m0/s1. The lowest BCUT2D eigenvalue weighted by Gasteiger charge is -2.28. The van der Waals surface area contributed by atoms with Crippen LogP contribution in [-0.4, -0.2) is 23.3 Å². The molecular weight excluding hydrogens is 338 g/mol. The number of Topliss-reactive ketones (excluding diaryl/α,β-unsaturated/α-hetero) is 1. The maximum atomic E-state index is 13.0. The van der Waals surface area contributed by atoms with Crippen molar-refractivity contribution in [2.45, 2.75) is 25.9 Å². The van der Waals surface area contributed by atoms with E-state index in [9.17, 15) is 14.7 Å². The summed E-state index contributed by atoms with van der Waals surface area (Å²) in [5.41, 5.74) is -0.275. The van der Waals surface area contributed by atoms with Crippen LogP contribution in [0.15, 0.2) is 48.5 Å². The normalized spacial score (nSPS) is 20.5. The van der Waals surface area contributed by atoms with Gasteiger partial charge in [0.25, 0.3) is 5.91 Å². The maximum Gasteiger partial charge on any atom is 0.264 e. The monoisotopic (exact) mass is 357 g/mol. The molecule has 1 aliphatic rings. The van der Waals surface area contributed by atoms with Gasteiger partial charge in [-0.2, -0.15) is 0 Å². The molecular formula is C20H20ClNO3. The molecule has 0 saturated carbocycles. The third kappa shape index (κ3) is 2.75. The second-order valence-electron chi connectivity index (χ2n) is 6.33. The number of fused-ring (bicyclic) bond motifs is 1. The molecule has 3 rings (SSSR count). The fourth-order valence-corrected chi connectivity index (χ4v) is 3.51. The molecule has 1 N–H and O–H groups in total. The summed E-state index contributed by atoms with van der Waals surface area (Å²) in [5, 5.41) is 11.9. The third-order valence-electron chi connectivity index (χ3n) is 4.77. The molecule has 0 aliphatic carbocycles. The first-order valence-electron chi connectivity index (χ1n) is 8.34. The number of carbonyl (C=O) groups excluding carboxylic acids is 2. The van der Waals surface area contributed by atoms with Gasteiger partial charge in [-0.25, -0.2) is 0 Å². The summed E-state index contributed by atoms with van der Waals surface area (Å²) in [7, 11) is 0. The van der Waals surface area contributed by atoms with Gasteiger partial charge in [-0.05, 0) is 36.8 Å². The zero-order valence-electron chi connectivity index (χ0n) is 14.2. The number of hydrogen-bond donors (Lipinski definition) is 1. The number of nitrogens with zero attached hydrogens (tertiary/aromatic N) is 1. The molecule has 0 spiro atoms. The summed E-state index contributed by atoms with van der Waals surface area (Å²) in [5.74, 6) is -1.64. The average Bonchev–Trinajstić information content (AvgIpc) is 2.84. The lowest BCUT2D eigenvalue weighted by atomic mass is 9.79. The van der Waals surface area contributed by atoms with E-state index in [4.69, 9.17) is 11.6 Å². The molecule has 0 bridgehead atoms. The van der Waals surface area contributed by atoms with Crippen LogP contribution in [0.1, 0.15) is 36.2 Å². The first-order chi connectivity index (χ1) is 11.9. The van der Waals surface area contributed by atoms with Gasteiger partial charge in [0.05, 0.1) is 11.6 Å². The van der Waals surface area contributed by atoms with Crippen molar-refractivity contribution in [1.29, 1.82) is 0 Å². The first kappa shape index (κ1) is 17.6. The molecule has 1 heterocycles. The van der Waals surface area contributed by atoms with Crippen molar-refractivity contribution >= 4 is 29.0 Å². The van der Waals surface area contributed by atoms with E-state index < -0.39 is 17.4 Å². The molecule has 25 heavy (non-hydrogen) atoms. The molecule has 0 fully saturated rings. The van der Waals surface area contributed by atoms with Crippen LogP contribution in [0.2, 0.25) is 5.02 Å². The van der Waals surface area contributed by atoms with Gasteiger partial charge < -0.3 is 10.0 Å². The van der Waals surface area contributed by atoms with Crippen LogP contribution in [0, 0.1) is 5.92 Å². The second kappa shape index (κ2) is 6.62. The van der Waals surface area contributed by atoms with Crippen LogP contribution in [0.4, 0.5) is 5.69 Å². The lowest BCUT2D eigenvalue weighted by Crippen LogP contribution is -2.47. The quantitative estimate of drug-likeness (QED) is 0.828. The van der Waals surface area contributed by atoms with Gasteiger partial charge in [-0.15, -0.1) is 0 Å². The predicted molar refractivity (Wildman–Crippen MR) is 97.9 cm³/mol. The molecule has 4 nitrogen and oxygen atoms in total. The van der Waals surface area contributed by atoms with E-state index in [0.717, 1.165) is 6.42 Å². The van der Waals surface area contributed by atoms with Crippen molar-refractivity contribution in [3.63, 3.8) is 0 Å². The number of anilines is 1. The fraction of sp³-hybridized carbons (Fsp3) is 0.300. The van der Waals surface area contributed by atoms with E-state index >= 15 is 0 Å². The SMILES string of the molecule is CCCN1C(=O)[C@@](O)([C@@H](C)C(=O)c2ccc(Cl)cc2)c2ccccc21. The Balaban J connectivity index is 2.03. The zero-order chi connectivity index (χ0) is 18.2. The Bertz CT molecular complexity index is 818. The van der Waals surface area contributed by atoms with Gasteiger partial charge >= 0.3 is 0 Å². The molecule has 1 aliphatic heterocycles. The summed E-state index contributed by atoms with van der Waals surface area (Å²) in [6.45, 7) is 4.07. The minimum absolute atomic E-state index is 0.291. The highest BCUT2D eigenvalue weighted by Crippen LogP contribution is 2.45. The highest BCUT2D eigenvalue weighted by molar-refractivity contribution is 6.30. The van der Waals surface area contributed by atoms with Crippen molar-refractivity contribution in [2.24, 2.45) is 5.92 Å². The molecule has 130 valence electrons. The number of carbonyl (C=O) groups is 2. The van der Waals surface area contributed by atoms with Gasteiger partial charge in [0.1, 0.15) is 0 Å². The Labute approximate surface area is 152 Å². The Morgan fingerprint density at radius 3 is 2.48 bits per heavy atom. The highest BCUT2D eigenvalue weighted by atomic mass is 35.5. The summed E-state index contributed by atoms with van der Waals surface area (Å²) in [6, 6.07) is 13.6. The van der Waals surface area contributed by atoms with Crippen molar-refractivity contribution in [3.8, 4) is 0 Å². The summed E-state index contributed by atoms with van der Waals surface area (Å²) >= 11 is 5.87. The van der Waals surface area contributed by atoms with Crippen LogP contribution >= 0.6 is 11.6 Å².